The summed E-state index contributed by atoms with van der Waals surface area (Å²) in [7, 11) is 0. The molecule has 0 spiro atoms. The van der Waals surface area contributed by atoms with Gasteiger partial charge in [0, 0.05) is 6.42 Å². The molecule has 0 aromatic heterocycles. The lowest BCUT2D eigenvalue weighted by molar-refractivity contribution is -0.146. The summed E-state index contributed by atoms with van der Waals surface area (Å²) in [5.74, 6) is -0.653. The van der Waals surface area contributed by atoms with Crippen LogP contribution >= 0.6 is 0 Å². The predicted octanol–water partition coefficient (Wildman–Crippen LogP) is -0.222. The SMILES string of the molecule is CC(C)COC(=O)[C@@H](N)CCC(N)=O. The van der Waals surface area contributed by atoms with E-state index in [4.69, 9.17) is 16.2 Å². The van der Waals surface area contributed by atoms with Crippen molar-refractivity contribution in [2.75, 3.05) is 6.61 Å². The maximum Gasteiger partial charge on any atom is 0.322 e. The van der Waals surface area contributed by atoms with Crippen molar-refractivity contribution >= 4 is 11.9 Å². The molecule has 0 heterocycles. The van der Waals surface area contributed by atoms with E-state index in [-0.39, 0.29) is 18.8 Å². The van der Waals surface area contributed by atoms with E-state index in [0.717, 1.165) is 0 Å². The fourth-order valence-corrected chi connectivity index (χ4v) is 0.771. The summed E-state index contributed by atoms with van der Waals surface area (Å²) in [6, 6.07) is -0.749. The Labute approximate surface area is 83.8 Å². The summed E-state index contributed by atoms with van der Waals surface area (Å²) in [4.78, 5) is 21.6. The smallest absolute Gasteiger partial charge is 0.322 e. The molecule has 0 aliphatic heterocycles. The van der Waals surface area contributed by atoms with Crippen LogP contribution in [0.3, 0.4) is 0 Å². The van der Waals surface area contributed by atoms with Crippen molar-refractivity contribution in [2.24, 2.45) is 17.4 Å². The van der Waals surface area contributed by atoms with Crippen LogP contribution in [0.1, 0.15) is 26.7 Å². The second kappa shape index (κ2) is 6.37. The molecule has 1 amide bonds. The Bertz CT molecular complexity index is 204. The van der Waals surface area contributed by atoms with Gasteiger partial charge in [-0.15, -0.1) is 0 Å². The first-order chi connectivity index (χ1) is 6.43. The summed E-state index contributed by atoms with van der Waals surface area (Å²) < 4.78 is 4.88. The molecule has 4 N–H and O–H groups in total. The van der Waals surface area contributed by atoms with Gasteiger partial charge < -0.3 is 16.2 Å². The van der Waals surface area contributed by atoms with Crippen LogP contribution in [0.25, 0.3) is 0 Å². The molecule has 0 aliphatic rings. The molecule has 0 bridgehead atoms. The molecule has 5 heteroatoms. The number of hydrogen-bond acceptors (Lipinski definition) is 4. The maximum atomic E-state index is 11.2. The third-order valence-electron chi connectivity index (χ3n) is 1.56. The summed E-state index contributed by atoms with van der Waals surface area (Å²) in [5, 5.41) is 0. The van der Waals surface area contributed by atoms with Crippen molar-refractivity contribution in [3.63, 3.8) is 0 Å². The molecule has 0 aromatic rings. The molecule has 0 rings (SSSR count). The number of rotatable bonds is 6. The van der Waals surface area contributed by atoms with Crippen LogP contribution in [-0.2, 0) is 14.3 Å². The molecule has 0 radical (unpaired) electrons. The average molecular weight is 202 g/mol. The van der Waals surface area contributed by atoms with Crippen LogP contribution < -0.4 is 11.5 Å². The number of carbonyl (C=O) groups excluding carboxylic acids is 2. The standard InChI is InChI=1S/C9H18N2O3/c1-6(2)5-14-9(13)7(10)3-4-8(11)12/h6-7H,3-5,10H2,1-2H3,(H2,11,12)/t7-/m0/s1. The number of primary amides is 1. The Morgan fingerprint density at radius 3 is 2.36 bits per heavy atom. The second-order valence-electron chi connectivity index (χ2n) is 3.64. The van der Waals surface area contributed by atoms with Crippen LogP contribution in [-0.4, -0.2) is 24.5 Å². The summed E-state index contributed by atoms with van der Waals surface area (Å²) >= 11 is 0. The lowest BCUT2D eigenvalue weighted by Crippen LogP contribution is -2.34. The lowest BCUT2D eigenvalue weighted by Gasteiger charge is -2.11. The van der Waals surface area contributed by atoms with Gasteiger partial charge in [0.25, 0.3) is 0 Å². The van der Waals surface area contributed by atoms with Crippen LogP contribution in [0.2, 0.25) is 0 Å². The minimum atomic E-state index is -0.749. The van der Waals surface area contributed by atoms with Gasteiger partial charge in [0.2, 0.25) is 5.91 Å². The number of carbonyl (C=O) groups is 2. The number of esters is 1. The molecule has 0 aromatic carbocycles. The van der Waals surface area contributed by atoms with Crippen LogP contribution in [0.5, 0.6) is 0 Å². The summed E-state index contributed by atoms with van der Waals surface area (Å²) in [6.45, 7) is 4.22. The van der Waals surface area contributed by atoms with E-state index < -0.39 is 17.9 Å². The van der Waals surface area contributed by atoms with Crippen molar-refractivity contribution in [2.45, 2.75) is 32.7 Å². The number of nitrogens with two attached hydrogens (primary N) is 2. The largest absolute Gasteiger partial charge is 0.464 e. The Morgan fingerprint density at radius 2 is 1.93 bits per heavy atom. The Morgan fingerprint density at radius 1 is 1.36 bits per heavy atom. The Kier molecular flexibility index (Phi) is 5.87. The average Bonchev–Trinajstić information content (AvgIpc) is 2.09. The first-order valence-electron chi connectivity index (χ1n) is 4.64. The van der Waals surface area contributed by atoms with Gasteiger partial charge in [0.1, 0.15) is 6.04 Å². The van der Waals surface area contributed by atoms with Crippen LogP contribution in [0.4, 0.5) is 0 Å². The number of amides is 1. The Hall–Kier alpha value is -1.10. The lowest BCUT2D eigenvalue weighted by atomic mass is 10.1. The fourth-order valence-electron chi connectivity index (χ4n) is 0.771. The molecular weight excluding hydrogens is 184 g/mol. The predicted molar refractivity (Wildman–Crippen MR) is 52.2 cm³/mol. The summed E-state index contributed by atoms with van der Waals surface area (Å²) in [6.07, 6.45) is 0.351. The molecule has 0 fully saturated rings. The zero-order chi connectivity index (χ0) is 11.1. The topological polar surface area (TPSA) is 95.4 Å². The second-order valence-corrected chi connectivity index (χ2v) is 3.64. The minimum absolute atomic E-state index is 0.109. The van der Waals surface area contributed by atoms with Crippen molar-refractivity contribution in [3.8, 4) is 0 Å². The van der Waals surface area contributed by atoms with Crippen LogP contribution in [0.15, 0.2) is 0 Å². The van der Waals surface area contributed by atoms with E-state index in [1.54, 1.807) is 0 Å². The van der Waals surface area contributed by atoms with E-state index in [9.17, 15) is 9.59 Å². The van der Waals surface area contributed by atoms with Gasteiger partial charge in [-0.1, -0.05) is 13.8 Å². The maximum absolute atomic E-state index is 11.2. The van der Waals surface area contributed by atoms with Gasteiger partial charge >= 0.3 is 5.97 Å². The van der Waals surface area contributed by atoms with Crippen molar-refractivity contribution in [1.82, 2.24) is 0 Å². The molecule has 0 unspecified atom stereocenters. The quantitative estimate of drug-likeness (QED) is 0.582. The minimum Gasteiger partial charge on any atom is -0.464 e. The highest BCUT2D eigenvalue weighted by Crippen LogP contribution is 1.99. The number of hydrogen-bond donors (Lipinski definition) is 2. The third kappa shape index (κ3) is 6.42. The highest BCUT2D eigenvalue weighted by molar-refractivity contribution is 5.78. The van der Waals surface area contributed by atoms with E-state index >= 15 is 0 Å². The molecule has 1 atom stereocenters. The Balaban J connectivity index is 3.70. The van der Waals surface area contributed by atoms with Gasteiger partial charge in [-0.05, 0) is 12.3 Å². The molecule has 5 nitrogen and oxygen atoms in total. The van der Waals surface area contributed by atoms with Crippen molar-refractivity contribution in [1.29, 1.82) is 0 Å². The van der Waals surface area contributed by atoms with Gasteiger partial charge in [0.05, 0.1) is 6.61 Å². The molecule has 82 valence electrons. The third-order valence-corrected chi connectivity index (χ3v) is 1.56. The highest BCUT2D eigenvalue weighted by Gasteiger charge is 2.15. The molecule has 14 heavy (non-hydrogen) atoms. The van der Waals surface area contributed by atoms with E-state index in [1.165, 1.54) is 0 Å². The van der Waals surface area contributed by atoms with E-state index in [0.29, 0.717) is 6.61 Å². The van der Waals surface area contributed by atoms with Crippen molar-refractivity contribution in [3.05, 3.63) is 0 Å². The van der Waals surface area contributed by atoms with Crippen molar-refractivity contribution < 1.29 is 14.3 Å². The molecule has 0 aliphatic carbocycles. The monoisotopic (exact) mass is 202 g/mol. The van der Waals surface area contributed by atoms with Gasteiger partial charge in [-0.25, -0.2) is 0 Å². The van der Waals surface area contributed by atoms with E-state index in [1.807, 2.05) is 13.8 Å². The van der Waals surface area contributed by atoms with Gasteiger partial charge in [0.15, 0.2) is 0 Å². The molecule has 0 saturated carbocycles. The first-order valence-corrected chi connectivity index (χ1v) is 4.64. The first kappa shape index (κ1) is 12.9. The number of ether oxygens (including phenoxy) is 1. The van der Waals surface area contributed by atoms with Crippen LogP contribution in [0, 0.1) is 5.92 Å². The van der Waals surface area contributed by atoms with Gasteiger partial charge in [-0.3, -0.25) is 9.59 Å². The normalized spacial score (nSPS) is 12.6. The van der Waals surface area contributed by atoms with Gasteiger partial charge in [-0.2, -0.15) is 0 Å². The zero-order valence-electron chi connectivity index (χ0n) is 8.66. The fraction of sp³-hybridized carbons (Fsp3) is 0.778. The van der Waals surface area contributed by atoms with E-state index in [2.05, 4.69) is 0 Å². The highest BCUT2D eigenvalue weighted by atomic mass is 16.5. The molecule has 0 saturated heterocycles. The zero-order valence-corrected chi connectivity index (χ0v) is 8.66. The summed E-state index contributed by atoms with van der Waals surface area (Å²) in [5.41, 5.74) is 10.4. The molecular formula is C9H18N2O3.